The van der Waals surface area contributed by atoms with E-state index >= 15 is 0 Å². The minimum Gasteiger partial charge on any atom is -0.497 e. The highest BCUT2D eigenvalue weighted by Crippen LogP contribution is 2.28. The fourth-order valence-electron chi connectivity index (χ4n) is 2.26. The zero-order valence-electron chi connectivity index (χ0n) is 10.1. The number of hydrogen-bond donors (Lipinski definition) is 0. The van der Waals surface area contributed by atoms with Crippen LogP contribution in [-0.2, 0) is 0 Å². The van der Waals surface area contributed by atoms with Gasteiger partial charge in [-0.15, -0.1) is 0 Å². The molecule has 0 amide bonds. The van der Waals surface area contributed by atoms with Crippen LogP contribution in [0.15, 0.2) is 22.6 Å². The number of rotatable bonds is 2. The van der Waals surface area contributed by atoms with Crippen molar-refractivity contribution in [3.8, 4) is 5.75 Å². The first kappa shape index (κ1) is 10.4. The monoisotopic (exact) mass is 232 g/mol. The molecule has 0 bridgehead atoms. The zero-order valence-corrected chi connectivity index (χ0v) is 10.1. The molecule has 90 valence electrons. The second-order valence-corrected chi connectivity index (χ2v) is 4.67. The Hall–Kier alpha value is -1.71. The lowest BCUT2D eigenvalue weighted by Crippen LogP contribution is -2.19. The number of aromatic nitrogens is 1. The average Bonchev–Trinajstić information content (AvgIpc) is 2.93. The van der Waals surface area contributed by atoms with E-state index in [1.165, 1.54) is 6.42 Å². The Balaban J connectivity index is 1.96. The van der Waals surface area contributed by atoms with Gasteiger partial charge in [-0.2, -0.15) is 4.98 Å². The number of anilines is 1. The highest BCUT2D eigenvalue weighted by atomic mass is 16.5. The molecule has 1 aromatic carbocycles. The predicted octanol–water partition coefficient (Wildman–Crippen LogP) is 2.68. The van der Waals surface area contributed by atoms with Gasteiger partial charge in [-0.3, -0.25) is 0 Å². The van der Waals surface area contributed by atoms with Crippen molar-refractivity contribution < 1.29 is 9.15 Å². The van der Waals surface area contributed by atoms with Gasteiger partial charge < -0.3 is 14.1 Å². The van der Waals surface area contributed by atoms with E-state index in [-0.39, 0.29) is 0 Å². The molecule has 1 saturated heterocycles. The van der Waals surface area contributed by atoms with E-state index in [0.717, 1.165) is 41.9 Å². The second kappa shape index (κ2) is 3.95. The molecule has 4 heteroatoms. The summed E-state index contributed by atoms with van der Waals surface area (Å²) in [5, 5.41) is 0. The highest BCUT2D eigenvalue weighted by Gasteiger charge is 2.22. The Bertz CT molecular complexity index is 535. The molecule has 1 aliphatic rings. The number of methoxy groups -OCH3 is 1. The summed E-state index contributed by atoms with van der Waals surface area (Å²) in [5.74, 6) is 1.52. The van der Waals surface area contributed by atoms with Gasteiger partial charge in [0, 0.05) is 19.2 Å². The molecule has 0 aliphatic carbocycles. The molecule has 4 nitrogen and oxygen atoms in total. The number of oxazole rings is 1. The predicted molar refractivity (Wildman–Crippen MR) is 66.6 cm³/mol. The molecule has 1 aliphatic heterocycles. The Morgan fingerprint density at radius 2 is 2.35 bits per heavy atom. The Morgan fingerprint density at radius 1 is 1.47 bits per heavy atom. The van der Waals surface area contributed by atoms with Crippen LogP contribution in [0.3, 0.4) is 0 Å². The first-order valence-corrected chi connectivity index (χ1v) is 5.96. The maximum atomic E-state index is 5.78. The topological polar surface area (TPSA) is 38.5 Å². The summed E-state index contributed by atoms with van der Waals surface area (Å²) in [5.41, 5.74) is 1.68. The normalized spacial score (nSPS) is 20.1. The number of ether oxygens (including phenoxy) is 1. The quantitative estimate of drug-likeness (QED) is 0.798. The van der Waals surface area contributed by atoms with E-state index in [4.69, 9.17) is 9.15 Å². The van der Waals surface area contributed by atoms with Gasteiger partial charge in [0.2, 0.25) is 0 Å². The molecular formula is C13H16N2O2. The smallest absolute Gasteiger partial charge is 0.298 e. The van der Waals surface area contributed by atoms with Crippen LogP contribution in [0.25, 0.3) is 11.1 Å². The minimum atomic E-state index is 0.722. The van der Waals surface area contributed by atoms with Gasteiger partial charge in [-0.25, -0.2) is 0 Å². The van der Waals surface area contributed by atoms with Gasteiger partial charge in [0.15, 0.2) is 5.58 Å². The van der Waals surface area contributed by atoms with Crippen molar-refractivity contribution in [1.29, 1.82) is 0 Å². The maximum absolute atomic E-state index is 5.78. The largest absolute Gasteiger partial charge is 0.497 e. The van der Waals surface area contributed by atoms with E-state index in [9.17, 15) is 0 Å². The van der Waals surface area contributed by atoms with Crippen molar-refractivity contribution in [1.82, 2.24) is 4.98 Å². The van der Waals surface area contributed by atoms with Crippen LogP contribution >= 0.6 is 0 Å². The van der Waals surface area contributed by atoms with Gasteiger partial charge in [0.05, 0.1) is 7.11 Å². The van der Waals surface area contributed by atoms with Crippen LogP contribution in [0.1, 0.15) is 13.3 Å². The number of nitrogens with zero attached hydrogens (tertiary/aromatic N) is 2. The van der Waals surface area contributed by atoms with E-state index in [1.54, 1.807) is 7.11 Å². The lowest BCUT2D eigenvalue weighted by Gasteiger charge is -2.11. The van der Waals surface area contributed by atoms with Crippen molar-refractivity contribution >= 4 is 17.1 Å². The lowest BCUT2D eigenvalue weighted by molar-refractivity contribution is 0.414. The van der Waals surface area contributed by atoms with Gasteiger partial charge >= 0.3 is 0 Å². The second-order valence-electron chi connectivity index (χ2n) is 4.67. The van der Waals surface area contributed by atoms with Gasteiger partial charge in [-0.05, 0) is 24.5 Å². The molecule has 2 aromatic rings. The molecular weight excluding hydrogens is 216 g/mol. The van der Waals surface area contributed by atoms with Crippen molar-refractivity contribution in [2.75, 3.05) is 25.1 Å². The summed E-state index contributed by atoms with van der Waals surface area (Å²) >= 11 is 0. The molecule has 0 spiro atoms. The fraction of sp³-hybridized carbons (Fsp3) is 0.462. The first-order chi connectivity index (χ1) is 8.26. The SMILES string of the molecule is COc1ccc2nc(N3CCC(C)C3)oc2c1. The van der Waals surface area contributed by atoms with E-state index in [0.29, 0.717) is 0 Å². The standard InChI is InChI=1S/C13H16N2O2/c1-9-5-6-15(8-9)13-14-11-4-3-10(16-2)7-12(11)17-13/h3-4,7,9H,5-6,8H2,1-2H3. The van der Waals surface area contributed by atoms with Crippen LogP contribution in [0, 0.1) is 5.92 Å². The molecule has 1 aromatic heterocycles. The van der Waals surface area contributed by atoms with Crippen LogP contribution in [0.5, 0.6) is 5.75 Å². The summed E-state index contributed by atoms with van der Waals surface area (Å²) in [4.78, 5) is 6.71. The summed E-state index contributed by atoms with van der Waals surface area (Å²) in [6.45, 7) is 4.32. The van der Waals surface area contributed by atoms with Crippen molar-refractivity contribution in [2.45, 2.75) is 13.3 Å². The first-order valence-electron chi connectivity index (χ1n) is 5.96. The molecule has 1 atom stereocenters. The van der Waals surface area contributed by atoms with E-state index in [1.807, 2.05) is 18.2 Å². The molecule has 0 saturated carbocycles. The van der Waals surface area contributed by atoms with Crippen LogP contribution in [0.2, 0.25) is 0 Å². The lowest BCUT2D eigenvalue weighted by atomic mass is 10.2. The Labute approximate surface area is 100 Å². The van der Waals surface area contributed by atoms with Gasteiger partial charge in [-0.1, -0.05) is 6.92 Å². The summed E-state index contributed by atoms with van der Waals surface area (Å²) < 4.78 is 11.0. The summed E-state index contributed by atoms with van der Waals surface area (Å²) in [6.07, 6.45) is 1.21. The molecule has 17 heavy (non-hydrogen) atoms. The molecule has 1 unspecified atom stereocenters. The van der Waals surface area contributed by atoms with Gasteiger partial charge in [0.25, 0.3) is 6.01 Å². The highest BCUT2D eigenvalue weighted by molar-refractivity contribution is 5.76. The maximum Gasteiger partial charge on any atom is 0.298 e. The number of benzene rings is 1. The molecule has 3 rings (SSSR count). The minimum absolute atomic E-state index is 0.722. The Kier molecular flexibility index (Phi) is 2.42. The molecule has 1 fully saturated rings. The van der Waals surface area contributed by atoms with Crippen molar-refractivity contribution in [2.24, 2.45) is 5.92 Å². The van der Waals surface area contributed by atoms with Crippen LogP contribution in [0.4, 0.5) is 6.01 Å². The summed E-state index contributed by atoms with van der Waals surface area (Å²) in [7, 11) is 1.65. The van der Waals surface area contributed by atoms with Gasteiger partial charge in [0.1, 0.15) is 11.3 Å². The fourth-order valence-corrected chi connectivity index (χ4v) is 2.26. The average molecular weight is 232 g/mol. The summed E-state index contributed by atoms with van der Waals surface area (Å²) in [6, 6.07) is 6.45. The third kappa shape index (κ3) is 1.84. The van der Waals surface area contributed by atoms with Crippen molar-refractivity contribution in [3.05, 3.63) is 18.2 Å². The van der Waals surface area contributed by atoms with Crippen LogP contribution in [-0.4, -0.2) is 25.2 Å². The van der Waals surface area contributed by atoms with Crippen molar-refractivity contribution in [3.63, 3.8) is 0 Å². The molecule has 2 heterocycles. The molecule has 0 radical (unpaired) electrons. The van der Waals surface area contributed by atoms with E-state index < -0.39 is 0 Å². The third-order valence-corrected chi connectivity index (χ3v) is 3.28. The number of fused-ring (bicyclic) bond motifs is 1. The third-order valence-electron chi connectivity index (χ3n) is 3.28. The van der Waals surface area contributed by atoms with Crippen LogP contribution < -0.4 is 9.64 Å². The Morgan fingerprint density at radius 3 is 3.06 bits per heavy atom. The van der Waals surface area contributed by atoms with E-state index in [2.05, 4.69) is 16.8 Å². The molecule has 0 N–H and O–H groups in total. The zero-order chi connectivity index (χ0) is 11.8. The number of hydrogen-bond acceptors (Lipinski definition) is 4.